The molecule has 1 aliphatic rings. The van der Waals surface area contributed by atoms with E-state index < -0.39 is 0 Å². The fourth-order valence-electron chi connectivity index (χ4n) is 3.12. The molecule has 2 heterocycles. The van der Waals surface area contributed by atoms with Crippen molar-refractivity contribution in [3.63, 3.8) is 0 Å². The topological polar surface area (TPSA) is 45.7 Å². The van der Waals surface area contributed by atoms with Crippen LogP contribution in [0.5, 0.6) is 0 Å². The minimum absolute atomic E-state index is 0.176. The SMILES string of the molecule is O=C(c1ccc(Cl)cc1)N(CCN1CCOCC1)c1nc2c(F)cccc2s1. The van der Waals surface area contributed by atoms with Crippen LogP contribution in [0.15, 0.2) is 42.5 Å². The van der Waals surface area contributed by atoms with Crippen molar-refractivity contribution in [2.24, 2.45) is 0 Å². The summed E-state index contributed by atoms with van der Waals surface area (Å²) in [7, 11) is 0. The highest BCUT2D eigenvalue weighted by Gasteiger charge is 2.23. The molecule has 4 rings (SSSR count). The van der Waals surface area contributed by atoms with Gasteiger partial charge in [0, 0.05) is 36.8 Å². The van der Waals surface area contributed by atoms with E-state index in [4.69, 9.17) is 16.3 Å². The van der Waals surface area contributed by atoms with Crippen LogP contribution in [0.2, 0.25) is 5.02 Å². The number of halogens is 2. The summed E-state index contributed by atoms with van der Waals surface area (Å²) in [5, 5.41) is 1.06. The van der Waals surface area contributed by atoms with E-state index in [1.165, 1.54) is 17.4 Å². The van der Waals surface area contributed by atoms with Gasteiger partial charge in [-0.3, -0.25) is 14.6 Å². The molecule has 0 spiro atoms. The zero-order chi connectivity index (χ0) is 19.5. The zero-order valence-electron chi connectivity index (χ0n) is 15.1. The largest absolute Gasteiger partial charge is 0.379 e. The van der Waals surface area contributed by atoms with E-state index in [0.717, 1.165) is 17.8 Å². The second-order valence-corrected chi connectivity index (χ2v) is 7.95. The lowest BCUT2D eigenvalue weighted by atomic mass is 10.2. The number of hydrogen-bond acceptors (Lipinski definition) is 5. The number of carbonyl (C=O) groups is 1. The molecule has 0 N–H and O–H groups in total. The monoisotopic (exact) mass is 419 g/mol. The summed E-state index contributed by atoms with van der Waals surface area (Å²) in [4.78, 5) is 21.5. The first kappa shape index (κ1) is 19.3. The van der Waals surface area contributed by atoms with Crippen LogP contribution < -0.4 is 4.90 Å². The van der Waals surface area contributed by atoms with E-state index in [1.807, 2.05) is 6.07 Å². The van der Waals surface area contributed by atoms with Crippen molar-refractivity contribution in [1.29, 1.82) is 0 Å². The molecule has 1 aliphatic heterocycles. The van der Waals surface area contributed by atoms with E-state index in [9.17, 15) is 9.18 Å². The molecule has 0 atom stereocenters. The van der Waals surface area contributed by atoms with E-state index in [1.54, 1.807) is 35.2 Å². The van der Waals surface area contributed by atoms with Gasteiger partial charge in [-0.15, -0.1) is 0 Å². The van der Waals surface area contributed by atoms with Crippen LogP contribution in [0, 0.1) is 5.82 Å². The van der Waals surface area contributed by atoms with Crippen molar-refractivity contribution in [1.82, 2.24) is 9.88 Å². The van der Waals surface area contributed by atoms with Crippen molar-refractivity contribution < 1.29 is 13.9 Å². The van der Waals surface area contributed by atoms with Crippen molar-refractivity contribution in [2.45, 2.75) is 0 Å². The molecule has 1 aromatic heterocycles. The first-order chi connectivity index (χ1) is 13.6. The maximum absolute atomic E-state index is 14.1. The summed E-state index contributed by atoms with van der Waals surface area (Å²) in [5.74, 6) is -0.559. The number of anilines is 1. The van der Waals surface area contributed by atoms with Gasteiger partial charge in [0.15, 0.2) is 5.13 Å². The van der Waals surface area contributed by atoms with Gasteiger partial charge in [-0.1, -0.05) is 29.0 Å². The van der Waals surface area contributed by atoms with Gasteiger partial charge < -0.3 is 4.74 Å². The lowest BCUT2D eigenvalue weighted by Gasteiger charge is -2.29. The predicted octanol–water partition coefficient (Wildman–Crippen LogP) is 4.07. The Labute approximate surface area is 171 Å². The Morgan fingerprint density at radius 1 is 1.21 bits per heavy atom. The number of thiazole rings is 1. The lowest BCUT2D eigenvalue weighted by Crippen LogP contribution is -2.43. The number of rotatable bonds is 5. The average molecular weight is 420 g/mol. The van der Waals surface area contributed by atoms with Crippen LogP contribution in [0.4, 0.5) is 9.52 Å². The summed E-state index contributed by atoms with van der Waals surface area (Å²) in [6, 6.07) is 11.6. The molecule has 0 aliphatic carbocycles. The lowest BCUT2D eigenvalue weighted by molar-refractivity contribution is 0.0391. The van der Waals surface area contributed by atoms with E-state index in [0.29, 0.717) is 47.5 Å². The Kier molecular flexibility index (Phi) is 5.87. The molecule has 0 bridgehead atoms. The molecule has 0 saturated carbocycles. The molecular weight excluding hydrogens is 401 g/mol. The number of ether oxygens (including phenoxy) is 1. The number of morpholine rings is 1. The number of carbonyl (C=O) groups excluding carboxylic acids is 1. The quantitative estimate of drug-likeness (QED) is 0.625. The molecule has 8 heteroatoms. The Morgan fingerprint density at radius 2 is 1.96 bits per heavy atom. The van der Waals surface area contributed by atoms with Crippen LogP contribution in [0.1, 0.15) is 10.4 Å². The number of benzene rings is 2. The minimum atomic E-state index is -0.382. The predicted molar refractivity (Wildman–Crippen MR) is 110 cm³/mol. The van der Waals surface area contributed by atoms with Crippen LogP contribution >= 0.6 is 22.9 Å². The van der Waals surface area contributed by atoms with E-state index >= 15 is 0 Å². The maximum Gasteiger partial charge on any atom is 0.260 e. The summed E-state index contributed by atoms with van der Waals surface area (Å²) in [5.41, 5.74) is 0.814. The normalized spacial score (nSPS) is 15.1. The van der Waals surface area contributed by atoms with Crippen molar-refractivity contribution in [3.8, 4) is 0 Å². The minimum Gasteiger partial charge on any atom is -0.379 e. The summed E-state index contributed by atoms with van der Waals surface area (Å²) < 4.78 is 20.2. The van der Waals surface area contributed by atoms with Crippen molar-refractivity contribution in [3.05, 3.63) is 58.9 Å². The van der Waals surface area contributed by atoms with Gasteiger partial charge in [0.25, 0.3) is 5.91 Å². The van der Waals surface area contributed by atoms with Gasteiger partial charge >= 0.3 is 0 Å². The number of para-hydroxylation sites is 1. The second kappa shape index (κ2) is 8.53. The molecule has 28 heavy (non-hydrogen) atoms. The third kappa shape index (κ3) is 4.17. The highest BCUT2D eigenvalue weighted by atomic mass is 35.5. The van der Waals surface area contributed by atoms with Gasteiger partial charge in [-0.25, -0.2) is 9.37 Å². The number of fused-ring (bicyclic) bond motifs is 1. The molecule has 1 saturated heterocycles. The molecule has 0 radical (unpaired) electrons. The highest BCUT2D eigenvalue weighted by Crippen LogP contribution is 2.31. The molecule has 146 valence electrons. The Morgan fingerprint density at radius 3 is 2.68 bits per heavy atom. The second-order valence-electron chi connectivity index (χ2n) is 6.50. The Hall–Kier alpha value is -2.06. The molecule has 3 aromatic rings. The smallest absolute Gasteiger partial charge is 0.260 e. The molecule has 1 amide bonds. The Bertz CT molecular complexity index is 973. The number of amides is 1. The molecule has 1 fully saturated rings. The summed E-state index contributed by atoms with van der Waals surface area (Å²) >= 11 is 7.27. The number of nitrogens with zero attached hydrogens (tertiary/aromatic N) is 3. The van der Waals surface area contributed by atoms with Gasteiger partial charge in [0.1, 0.15) is 11.3 Å². The molecule has 2 aromatic carbocycles. The third-order valence-corrected chi connectivity index (χ3v) is 5.96. The van der Waals surface area contributed by atoms with Gasteiger partial charge in [0.2, 0.25) is 0 Å². The van der Waals surface area contributed by atoms with Crippen LogP contribution in [0.25, 0.3) is 10.2 Å². The summed E-state index contributed by atoms with van der Waals surface area (Å²) in [6.07, 6.45) is 0. The van der Waals surface area contributed by atoms with E-state index in [2.05, 4.69) is 9.88 Å². The van der Waals surface area contributed by atoms with E-state index in [-0.39, 0.29) is 11.7 Å². The van der Waals surface area contributed by atoms with Gasteiger partial charge in [-0.05, 0) is 36.4 Å². The molecular formula is C20H19ClFN3O2S. The fourth-order valence-corrected chi connectivity index (χ4v) is 4.25. The summed E-state index contributed by atoms with van der Waals surface area (Å²) in [6.45, 7) is 4.20. The fraction of sp³-hybridized carbons (Fsp3) is 0.300. The van der Waals surface area contributed by atoms with Gasteiger partial charge in [0.05, 0.1) is 17.9 Å². The first-order valence-corrected chi connectivity index (χ1v) is 10.2. The Balaban J connectivity index is 1.64. The van der Waals surface area contributed by atoms with Gasteiger partial charge in [-0.2, -0.15) is 0 Å². The van der Waals surface area contributed by atoms with Crippen LogP contribution in [-0.2, 0) is 4.74 Å². The van der Waals surface area contributed by atoms with Crippen molar-refractivity contribution in [2.75, 3.05) is 44.3 Å². The van der Waals surface area contributed by atoms with Crippen LogP contribution in [0.3, 0.4) is 0 Å². The molecule has 5 nitrogen and oxygen atoms in total. The standard InChI is InChI=1S/C20H19ClFN3O2S/c21-15-6-4-14(5-7-15)19(26)25(9-8-24-10-12-27-13-11-24)20-23-18-16(22)2-1-3-17(18)28-20/h1-7H,8-13H2. The molecule has 0 unspecified atom stereocenters. The van der Waals surface area contributed by atoms with Crippen LogP contribution in [-0.4, -0.2) is 55.2 Å². The van der Waals surface area contributed by atoms with Crippen molar-refractivity contribution >= 4 is 44.2 Å². The zero-order valence-corrected chi connectivity index (χ0v) is 16.7. The first-order valence-electron chi connectivity index (χ1n) is 9.04. The maximum atomic E-state index is 14.1. The average Bonchev–Trinajstić information content (AvgIpc) is 3.15. The highest BCUT2D eigenvalue weighted by molar-refractivity contribution is 7.22. The number of aromatic nitrogens is 1. The third-order valence-electron chi connectivity index (χ3n) is 4.67. The number of hydrogen-bond donors (Lipinski definition) is 0.